The van der Waals surface area contributed by atoms with Gasteiger partial charge in [0.2, 0.25) is 0 Å². The maximum atomic E-state index is 5.82. The molecule has 272 valence electrons. The third-order valence-corrected chi connectivity index (χ3v) is 10.2. The summed E-state index contributed by atoms with van der Waals surface area (Å²) in [6, 6.07) is 50.7. The van der Waals surface area contributed by atoms with Gasteiger partial charge in [-0.3, -0.25) is 19.6 Å². The maximum Gasteiger partial charge on any atom is 0.119 e. The zero-order chi connectivity index (χ0) is 35.8. The highest BCUT2D eigenvalue weighted by Crippen LogP contribution is 2.21. The van der Waals surface area contributed by atoms with Crippen molar-refractivity contribution in [1.29, 1.82) is 0 Å². The Balaban J connectivity index is 1.33. The number of nitrogens with zero attached hydrogens (tertiary/aromatic N) is 4. The number of hydrogen-bond donors (Lipinski definition) is 0. The largest absolute Gasteiger partial charge is 0.497 e. The smallest absolute Gasteiger partial charge is 0.119 e. The number of methoxy groups -OCH3 is 1. The highest BCUT2D eigenvalue weighted by atomic mass is 16.5. The lowest BCUT2D eigenvalue weighted by Gasteiger charge is -2.39. The molecule has 6 nitrogen and oxygen atoms in total. The molecule has 0 aliphatic carbocycles. The van der Waals surface area contributed by atoms with Gasteiger partial charge in [0.1, 0.15) is 11.5 Å². The van der Waals surface area contributed by atoms with Gasteiger partial charge < -0.3 is 9.47 Å². The van der Waals surface area contributed by atoms with Gasteiger partial charge in [-0.1, -0.05) is 115 Å². The molecule has 0 saturated carbocycles. The van der Waals surface area contributed by atoms with Crippen molar-refractivity contribution < 1.29 is 9.47 Å². The van der Waals surface area contributed by atoms with Crippen LogP contribution < -0.4 is 9.47 Å². The van der Waals surface area contributed by atoms with E-state index in [-0.39, 0.29) is 0 Å². The van der Waals surface area contributed by atoms with E-state index in [1.54, 1.807) is 7.11 Å². The van der Waals surface area contributed by atoms with Crippen LogP contribution in [0, 0.1) is 0 Å². The Kier molecular flexibility index (Phi) is 14.3. The number of ether oxygens (including phenoxy) is 2. The first-order valence-corrected chi connectivity index (χ1v) is 19.0. The number of benzene rings is 5. The van der Waals surface area contributed by atoms with Crippen LogP contribution in [-0.2, 0) is 32.6 Å². The summed E-state index contributed by atoms with van der Waals surface area (Å²) < 4.78 is 11.3. The van der Waals surface area contributed by atoms with E-state index < -0.39 is 0 Å². The fraction of sp³-hybridized carbons (Fsp3) is 0.348. The van der Waals surface area contributed by atoms with Crippen molar-refractivity contribution >= 4 is 0 Å². The molecule has 0 spiro atoms. The molecule has 1 unspecified atom stereocenters. The van der Waals surface area contributed by atoms with E-state index in [1.165, 1.54) is 27.8 Å². The number of hydrogen-bond acceptors (Lipinski definition) is 6. The molecule has 1 aliphatic heterocycles. The van der Waals surface area contributed by atoms with Gasteiger partial charge in [-0.25, -0.2) is 0 Å². The lowest BCUT2D eigenvalue weighted by molar-refractivity contribution is 0.0858. The second kappa shape index (κ2) is 20.0. The average Bonchev–Trinajstić information content (AvgIpc) is 3.18. The molecule has 5 aromatic rings. The van der Waals surface area contributed by atoms with Crippen LogP contribution in [-0.4, -0.2) is 85.2 Å². The molecule has 5 aromatic carbocycles. The van der Waals surface area contributed by atoms with Crippen molar-refractivity contribution in [1.82, 2.24) is 19.6 Å². The van der Waals surface area contributed by atoms with Crippen LogP contribution in [0.4, 0.5) is 0 Å². The van der Waals surface area contributed by atoms with Crippen molar-refractivity contribution in [2.45, 2.75) is 45.6 Å². The summed E-state index contributed by atoms with van der Waals surface area (Å²) in [4.78, 5) is 10.8. The van der Waals surface area contributed by atoms with E-state index >= 15 is 0 Å². The maximum absolute atomic E-state index is 5.82. The highest BCUT2D eigenvalue weighted by molar-refractivity contribution is 5.29. The Labute approximate surface area is 312 Å². The van der Waals surface area contributed by atoms with Crippen LogP contribution >= 0.6 is 0 Å². The van der Waals surface area contributed by atoms with Gasteiger partial charge in [-0.2, -0.15) is 0 Å². The van der Waals surface area contributed by atoms with Crippen molar-refractivity contribution in [2.75, 3.05) is 59.5 Å². The van der Waals surface area contributed by atoms with E-state index in [4.69, 9.17) is 9.47 Å². The quantitative estimate of drug-likeness (QED) is 0.124. The second-order valence-corrected chi connectivity index (χ2v) is 14.0. The number of rotatable bonds is 13. The zero-order valence-corrected chi connectivity index (χ0v) is 31.2. The lowest BCUT2D eigenvalue weighted by Crippen LogP contribution is -2.50. The predicted octanol–water partition coefficient (Wildman–Crippen LogP) is 8.03. The zero-order valence-electron chi connectivity index (χ0n) is 31.2. The summed E-state index contributed by atoms with van der Waals surface area (Å²) in [6.07, 6.45) is 0.963. The normalized spacial score (nSPS) is 17.2. The molecular formula is C46H56N4O2. The summed E-state index contributed by atoms with van der Waals surface area (Å²) in [5, 5.41) is 0. The molecule has 1 fully saturated rings. The van der Waals surface area contributed by atoms with Crippen LogP contribution in [0.25, 0.3) is 0 Å². The fourth-order valence-electron chi connectivity index (χ4n) is 7.26. The van der Waals surface area contributed by atoms with Crippen LogP contribution in [0.15, 0.2) is 140 Å². The molecule has 0 radical (unpaired) electrons. The van der Waals surface area contributed by atoms with Crippen molar-refractivity contribution in [3.8, 4) is 11.5 Å². The van der Waals surface area contributed by atoms with Gasteiger partial charge in [-0.15, -0.1) is 0 Å². The van der Waals surface area contributed by atoms with Gasteiger partial charge in [0, 0.05) is 78.0 Å². The molecule has 0 N–H and O–H groups in total. The Morgan fingerprint density at radius 3 is 1.40 bits per heavy atom. The Morgan fingerprint density at radius 2 is 0.885 bits per heavy atom. The van der Waals surface area contributed by atoms with Crippen LogP contribution in [0.1, 0.15) is 34.7 Å². The molecule has 0 aromatic heterocycles. The molecule has 52 heavy (non-hydrogen) atoms. The third-order valence-electron chi connectivity index (χ3n) is 10.2. The van der Waals surface area contributed by atoms with Gasteiger partial charge in [0.15, 0.2) is 0 Å². The minimum absolute atomic E-state index is 0.303. The molecular weight excluding hydrogens is 641 g/mol. The highest BCUT2D eigenvalue weighted by Gasteiger charge is 2.25. The Morgan fingerprint density at radius 1 is 0.462 bits per heavy atom. The average molecular weight is 697 g/mol. The van der Waals surface area contributed by atoms with Crippen molar-refractivity contribution in [3.63, 3.8) is 0 Å². The van der Waals surface area contributed by atoms with Gasteiger partial charge >= 0.3 is 0 Å². The molecule has 1 heterocycles. The van der Waals surface area contributed by atoms with Crippen LogP contribution in [0.5, 0.6) is 11.5 Å². The molecule has 0 bridgehead atoms. The SMILES string of the molecule is CCOc1ccc(CC2CN(Cc3ccc(OC)cc3)CCN(Cc3ccccc3)CCN(Cc3ccccc3)CCN2Cc2ccccc2)cc1. The Bertz CT molecular complexity index is 1700. The summed E-state index contributed by atoms with van der Waals surface area (Å²) >= 11 is 0. The first-order valence-electron chi connectivity index (χ1n) is 19.0. The second-order valence-electron chi connectivity index (χ2n) is 14.0. The van der Waals surface area contributed by atoms with E-state index in [1.807, 2.05) is 6.92 Å². The fourth-order valence-corrected chi connectivity index (χ4v) is 7.26. The van der Waals surface area contributed by atoms with E-state index in [9.17, 15) is 0 Å². The van der Waals surface area contributed by atoms with Crippen LogP contribution in [0.2, 0.25) is 0 Å². The lowest BCUT2D eigenvalue weighted by atomic mass is 10.0. The molecule has 6 heteroatoms. The van der Waals surface area contributed by atoms with E-state index in [0.717, 1.165) is 89.9 Å². The summed E-state index contributed by atoms with van der Waals surface area (Å²) in [7, 11) is 1.74. The molecule has 1 atom stereocenters. The van der Waals surface area contributed by atoms with Crippen molar-refractivity contribution in [3.05, 3.63) is 167 Å². The molecule has 6 rings (SSSR count). The predicted molar refractivity (Wildman–Crippen MR) is 214 cm³/mol. The molecule has 1 aliphatic rings. The first-order chi connectivity index (χ1) is 25.6. The van der Waals surface area contributed by atoms with Gasteiger partial charge in [-0.05, 0) is 65.4 Å². The van der Waals surface area contributed by atoms with Crippen LogP contribution in [0.3, 0.4) is 0 Å². The third kappa shape index (κ3) is 11.8. The topological polar surface area (TPSA) is 31.4 Å². The molecule has 0 amide bonds. The molecule has 1 saturated heterocycles. The van der Waals surface area contributed by atoms with E-state index in [0.29, 0.717) is 12.6 Å². The minimum atomic E-state index is 0.303. The summed E-state index contributed by atoms with van der Waals surface area (Å²) in [5.74, 6) is 1.83. The minimum Gasteiger partial charge on any atom is -0.497 e. The van der Waals surface area contributed by atoms with Crippen molar-refractivity contribution in [2.24, 2.45) is 0 Å². The van der Waals surface area contributed by atoms with Gasteiger partial charge in [0.05, 0.1) is 13.7 Å². The standard InChI is InChI=1S/C46H56N4O2/c1-3-52-46-25-19-39(20-26-46)33-44-38-49(36-43-21-23-45(51-2)24-22-43)30-29-47(34-40-13-7-4-8-14-40)27-28-48(35-41-15-9-5-10-16-41)31-32-50(44)37-42-17-11-6-12-18-42/h4-26,44H,3,27-38H2,1-2H3. The monoisotopic (exact) mass is 696 g/mol. The van der Waals surface area contributed by atoms with Gasteiger partial charge in [0.25, 0.3) is 0 Å². The Hall–Kier alpha value is -4.46. The first kappa shape index (κ1) is 37.3. The summed E-state index contributed by atoms with van der Waals surface area (Å²) in [6.45, 7) is 13.4. The summed E-state index contributed by atoms with van der Waals surface area (Å²) in [5.41, 5.74) is 6.75. The van der Waals surface area contributed by atoms with E-state index in [2.05, 4.69) is 159 Å².